The van der Waals surface area contributed by atoms with Crippen LogP contribution in [0.2, 0.25) is 0 Å². The van der Waals surface area contributed by atoms with E-state index in [2.05, 4.69) is 25.8 Å². The largest absolute Gasteiger partial charge is 0.341 e. The van der Waals surface area contributed by atoms with Crippen LogP contribution in [0.5, 0.6) is 0 Å². The van der Waals surface area contributed by atoms with Gasteiger partial charge in [0.1, 0.15) is 0 Å². The van der Waals surface area contributed by atoms with E-state index in [0.29, 0.717) is 18.0 Å². The van der Waals surface area contributed by atoms with E-state index in [1.807, 2.05) is 25.8 Å². The van der Waals surface area contributed by atoms with Gasteiger partial charge in [0.15, 0.2) is 0 Å². The minimum Gasteiger partial charge on any atom is -0.341 e. The molecule has 0 saturated carbocycles. The van der Waals surface area contributed by atoms with Crippen LogP contribution < -0.4 is 0 Å². The van der Waals surface area contributed by atoms with E-state index >= 15 is 0 Å². The maximum atomic E-state index is 12.0. The van der Waals surface area contributed by atoms with Crippen LogP contribution in [-0.4, -0.2) is 48.4 Å². The highest BCUT2D eigenvalue weighted by Gasteiger charge is 2.34. The van der Waals surface area contributed by atoms with Gasteiger partial charge in [-0.15, -0.1) is 0 Å². The highest BCUT2D eigenvalue weighted by Crippen LogP contribution is 2.25. The number of likely N-dealkylation sites (N-methyl/N-ethyl adjacent to an activating group) is 2. The molecule has 3 nitrogen and oxygen atoms in total. The Morgan fingerprint density at radius 3 is 2.44 bits per heavy atom. The molecule has 1 aliphatic rings. The average molecular weight is 226 g/mol. The zero-order valence-electron chi connectivity index (χ0n) is 11.5. The topological polar surface area (TPSA) is 23.6 Å². The van der Waals surface area contributed by atoms with E-state index in [4.69, 9.17) is 0 Å². The lowest BCUT2D eigenvalue weighted by atomic mass is 9.89. The predicted molar refractivity (Wildman–Crippen MR) is 67.3 cm³/mol. The Balaban J connectivity index is 2.73. The molecular formula is C13H26N2O. The number of nitrogens with zero attached hydrogens (tertiary/aromatic N) is 2. The number of hydrogen-bond donors (Lipinski definition) is 0. The Hall–Kier alpha value is -0.570. The molecule has 0 spiro atoms. The number of piperidine rings is 1. The molecule has 0 aromatic carbocycles. The fraction of sp³-hybridized carbons (Fsp3) is 0.923. The van der Waals surface area contributed by atoms with Crippen LogP contribution >= 0.6 is 0 Å². The monoisotopic (exact) mass is 226 g/mol. The van der Waals surface area contributed by atoms with Gasteiger partial charge in [-0.2, -0.15) is 0 Å². The van der Waals surface area contributed by atoms with Crippen molar-refractivity contribution in [2.45, 2.75) is 46.2 Å². The third kappa shape index (κ3) is 2.76. The Morgan fingerprint density at radius 2 is 1.94 bits per heavy atom. The third-order valence-corrected chi connectivity index (χ3v) is 3.83. The Morgan fingerprint density at radius 1 is 1.38 bits per heavy atom. The molecule has 1 heterocycles. The second-order valence-corrected chi connectivity index (χ2v) is 5.69. The van der Waals surface area contributed by atoms with Crippen LogP contribution in [0.4, 0.5) is 0 Å². The fourth-order valence-corrected chi connectivity index (χ4v) is 2.69. The first kappa shape index (κ1) is 13.5. The van der Waals surface area contributed by atoms with E-state index in [1.54, 1.807) is 0 Å². The van der Waals surface area contributed by atoms with Crippen LogP contribution in [0.25, 0.3) is 0 Å². The molecule has 0 radical (unpaired) electrons. The first-order valence-electron chi connectivity index (χ1n) is 6.31. The van der Waals surface area contributed by atoms with E-state index in [-0.39, 0.29) is 11.8 Å². The summed E-state index contributed by atoms with van der Waals surface area (Å²) in [6, 6.07) is 0.826. The summed E-state index contributed by atoms with van der Waals surface area (Å²) in [6.07, 6.45) is 1.13. The summed E-state index contributed by atoms with van der Waals surface area (Å²) in [4.78, 5) is 16.3. The second-order valence-electron chi connectivity index (χ2n) is 5.69. The molecular weight excluding hydrogens is 200 g/mol. The van der Waals surface area contributed by atoms with Gasteiger partial charge < -0.3 is 9.80 Å². The molecule has 94 valence electrons. The van der Waals surface area contributed by atoms with Crippen LogP contribution in [0.3, 0.4) is 0 Å². The lowest BCUT2D eigenvalue weighted by molar-refractivity contribution is -0.137. The van der Waals surface area contributed by atoms with Crippen molar-refractivity contribution < 1.29 is 4.79 Å². The number of carbonyl (C=O) groups excluding carboxylic acids is 1. The fourth-order valence-electron chi connectivity index (χ4n) is 2.69. The standard InChI is InChI=1S/C13H26N2O/c1-9(2)13(16)15(6)12-7-10(3)8-14(5)11(12)4/h9-12H,7-8H2,1-6H3. The molecule has 3 atom stereocenters. The summed E-state index contributed by atoms with van der Waals surface area (Å²) in [7, 11) is 4.11. The average Bonchev–Trinajstić information content (AvgIpc) is 2.21. The zero-order chi connectivity index (χ0) is 12.5. The van der Waals surface area contributed by atoms with Gasteiger partial charge in [0.25, 0.3) is 0 Å². The van der Waals surface area contributed by atoms with Crippen LogP contribution in [-0.2, 0) is 4.79 Å². The molecule has 1 fully saturated rings. The lowest BCUT2D eigenvalue weighted by Crippen LogP contribution is -2.55. The molecule has 0 bridgehead atoms. The van der Waals surface area contributed by atoms with Crippen LogP contribution in [0, 0.1) is 11.8 Å². The normalized spacial score (nSPS) is 31.8. The Labute approximate surface area is 99.8 Å². The highest BCUT2D eigenvalue weighted by atomic mass is 16.2. The van der Waals surface area contributed by atoms with E-state index < -0.39 is 0 Å². The van der Waals surface area contributed by atoms with Gasteiger partial charge in [-0.3, -0.25) is 4.79 Å². The molecule has 16 heavy (non-hydrogen) atoms. The first-order valence-corrected chi connectivity index (χ1v) is 6.31. The highest BCUT2D eigenvalue weighted by molar-refractivity contribution is 5.78. The molecule has 1 saturated heterocycles. The summed E-state index contributed by atoms with van der Waals surface area (Å²) in [5, 5.41) is 0. The van der Waals surface area contributed by atoms with Crippen LogP contribution in [0.15, 0.2) is 0 Å². The molecule has 1 aliphatic heterocycles. The van der Waals surface area contributed by atoms with Crippen molar-refractivity contribution in [3.05, 3.63) is 0 Å². The van der Waals surface area contributed by atoms with Crippen molar-refractivity contribution in [3.8, 4) is 0 Å². The lowest BCUT2D eigenvalue weighted by Gasteiger charge is -2.44. The molecule has 0 aliphatic carbocycles. The van der Waals surface area contributed by atoms with Crippen molar-refractivity contribution in [1.82, 2.24) is 9.80 Å². The molecule has 1 amide bonds. The van der Waals surface area contributed by atoms with Crippen molar-refractivity contribution in [1.29, 1.82) is 0 Å². The predicted octanol–water partition coefficient (Wildman–Crippen LogP) is 1.83. The SMILES string of the molecule is CC1CC(N(C)C(=O)C(C)C)C(C)N(C)C1. The second kappa shape index (κ2) is 5.17. The molecule has 1 rings (SSSR count). The number of carbonyl (C=O) groups is 1. The van der Waals surface area contributed by atoms with Gasteiger partial charge in [0.2, 0.25) is 5.91 Å². The number of likely N-dealkylation sites (tertiary alicyclic amines) is 1. The van der Waals surface area contributed by atoms with E-state index in [0.717, 1.165) is 13.0 Å². The van der Waals surface area contributed by atoms with Gasteiger partial charge in [-0.05, 0) is 26.3 Å². The third-order valence-electron chi connectivity index (χ3n) is 3.83. The number of hydrogen-bond acceptors (Lipinski definition) is 2. The van der Waals surface area contributed by atoms with E-state index in [9.17, 15) is 4.79 Å². The molecule has 3 unspecified atom stereocenters. The molecule has 0 aromatic heterocycles. The van der Waals surface area contributed by atoms with Crippen LogP contribution in [0.1, 0.15) is 34.1 Å². The van der Waals surface area contributed by atoms with Gasteiger partial charge in [0.05, 0.1) is 0 Å². The summed E-state index contributed by atoms with van der Waals surface area (Å²) in [6.45, 7) is 9.57. The Kier molecular flexibility index (Phi) is 4.36. The number of rotatable bonds is 2. The van der Waals surface area contributed by atoms with Crippen molar-refractivity contribution in [3.63, 3.8) is 0 Å². The summed E-state index contributed by atoms with van der Waals surface area (Å²) < 4.78 is 0. The molecule has 0 N–H and O–H groups in total. The summed E-state index contributed by atoms with van der Waals surface area (Å²) in [5.74, 6) is 1.03. The zero-order valence-corrected chi connectivity index (χ0v) is 11.5. The van der Waals surface area contributed by atoms with Crippen molar-refractivity contribution in [2.24, 2.45) is 11.8 Å². The van der Waals surface area contributed by atoms with Gasteiger partial charge in [-0.1, -0.05) is 20.8 Å². The van der Waals surface area contributed by atoms with Crippen molar-refractivity contribution >= 4 is 5.91 Å². The minimum atomic E-state index is 0.0970. The number of amides is 1. The van der Waals surface area contributed by atoms with Gasteiger partial charge in [0, 0.05) is 31.6 Å². The van der Waals surface area contributed by atoms with Gasteiger partial charge >= 0.3 is 0 Å². The minimum absolute atomic E-state index is 0.0970. The maximum absolute atomic E-state index is 12.0. The molecule has 0 aromatic rings. The quantitative estimate of drug-likeness (QED) is 0.717. The van der Waals surface area contributed by atoms with E-state index in [1.165, 1.54) is 0 Å². The molecule has 3 heteroatoms. The maximum Gasteiger partial charge on any atom is 0.225 e. The summed E-state index contributed by atoms with van der Waals surface area (Å²) in [5.41, 5.74) is 0. The first-order chi connectivity index (χ1) is 7.34. The Bertz CT molecular complexity index is 252. The van der Waals surface area contributed by atoms with Crippen molar-refractivity contribution in [2.75, 3.05) is 20.6 Å². The summed E-state index contributed by atoms with van der Waals surface area (Å²) >= 11 is 0. The smallest absolute Gasteiger partial charge is 0.225 e. The van der Waals surface area contributed by atoms with Gasteiger partial charge in [-0.25, -0.2) is 0 Å².